The predicted octanol–water partition coefficient (Wildman–Crippen LogP) is -4.77. The summed E-state index contributed by atoms with van der Waals surface area (Å²) in [5, 5.41) is 49.7. The lowest BCUT2D eigenvalue weighted by molar-refractivity contribution is -0.144. The molecule has 0 aliphatic rings. The van der Waals surface area contributed by atoms with Gasteiger partial charge < -0.3 is 65.3 Å². The summed E-state index contributed by atoms with van der Waals surface area (Å²) < 4.78 is 0. The normalized spacial score (nSPS) is 12.6. The number of amides is 1. The SMILES string of the molecule is C[C@H](N)C(=O)O.N=C(N)NCCC[C@H](N)C(=O)O.NC(=O)C[C@H](N)C(=O)O.N[C@@H](CC(=O)O)C(=O)O. The molecular weight excluding hydrogens is 492 g/mol. The Labute approximate surface area is 205 Å². The molecule has 0 aromatic carbocycles. The summed E-state index contributed by atoms with van der Waals surface area (Å²) in [4.78, 5) is 59.3. The van der Waals surface area contributed by atoms with Crippen molar-refractivity contribution in [2.45, 2.75) is 56.8 Å². The first-order valence-corrected chi connectivity index (χ1v) is 9.77. The molecule has 1 amide bonds. The number of rotatable bonds is 12. The van der Waals surface area contributed by atoms with Gasteiger partial charge in [-0.05, 0) is 19.8 Å². The number of carbonyl (C=O) groups is 6. The van der Waals surface area contributed by atoms with Crippen LogP contribution in [0.25, 0.3) is 0 Å². The van der Waals surface area contributed by atoms with Gasteiger partial charge in [-0.1, -0.05) is 0 Å². The number of nitrogens with one attached hydrogen (secondary N) is 2. The molecule has 210 valence electrons. The van der Waals surface area contributed by atoms with Crippen LogP contribution in [0.1, 0.15) is 32.6 Å². The van der Waals surface area contributed by atoms with Crippen LogP contribution in [0.3, 0.4) is 0 Å². The third kappa shape index (κ3) is 34.5. The maximum Gasteiger partial charge on any atom is 0.321 e. The van der Waals surface area contributed by atoms with Crippen LogP contribution in [0, 0.1) is 5.41 Å². The van der Waals surface area contributed by atoms with Gasteiger partial charge in [-0.3, -0.25) is 34.2 Å². The molecule has 0 radical (unpaired) electrons. The Kier molecular flexibility index (Phi) is 24.7. The number of carbonyl (C=O) groups excluding carboxylic acids is 1. The first kappa shape index (κ1) is 39.2. The van der Waals surface area contributed by atoms with Crippen molar-refractivity contribution >= 4 is 41.7 Å². The second-order valence-electron chi connectivity index (χ2n) is 6.71. The van der Waals surface area contributed by atoms with E-state index in [4.69, 9.17) is 59.6 Å². The van der Waals surface area contributed by atoms with E-state index in [-0.39, 0.29) is 12.4 Å². The number of nitrogens with two attached hydrogens (primary N) is 6. The monoisotopic (exact) mass is 528 g/mol. The highest BCUT2D eigenvalue weighted by Gasteiger charge is 2.14. The van der Waals surface area contributed by atoms with Crippen molar-refractivity contribution in [3.63, 3.8) is 0 Å². The van der Waals surface area contributed by atoms with E-state index >= 15 is 0 Å². The standard InChI is InChI=1S/C6H14N4O2.C4H8N2O3.C4H7NO4.C3H7NO2/c7-4(5(11)12)2-1-3-10-6(8)9;2*5-2(4(8)9)1-3(6)7;1-2(4)3(5)6/h4H,1-3,7H2,(H,11,12)(H4,8,9,10);2H,1,5H2,(H2,6,7)(H,8,9);2H,1,5H2,(H,6,7)(H,8,9);2H,4H2,1H3,(H,5,6)/t4-;3*2-/m0000/s1. The van der Waals surface area contributed by atoms with Gasteiger partial charge in [0.1, 0.15) is 24.2 Å². The van der Waals surface area contributed by atoms with Crippen LogP contribution < -0.4 is 39.7 Å². The Hall–Kier alpha value is -4.07. The molecule has 36 heavy (non-hydrogen) atoms. The van der Waals surface area contributed by atoms with E-state index in [9.17, 15) is 28.8 Å². The molecule has 0 aromatic heterocycles. The van der Waals surface area contributed by atoms with Crippen LogP contribution in [0.4, 0.5) is 0 Å². The Balaban J connectivity index is -0.000000195. The zero-order valence-electron chi connectivity index (χ0n) is 19.5. The maximum absolute atomic E-state index is 10.2. The first-order chi connectivity index (χ1) is 16.3. The minimum atomic E-state index is -1.29. The fourth-order valence-corrected chi connectivity index (χ4v) is 1.25. The van der Waals surface area contributed by atoms with Gasteiger partial charge in [0, 0.05) is 6.54 Å². The average Bonchev–Trinajstić information content (AvgIpc) is 2.71. The van der Waals surface area contributed by atoms with Crippen molar-refractivity contribution < 1.29 is 54.3 Å². The zero-order valence-corrected chi connectivity index (χ0v) is 19.5. The molecular formula is C17H36N8O11. The summed E-state index contributed by atoms with van der Waals surface area (Å²) in [6.45, 7) is 1.90. The number of hydrogen-bond donors (Lipinski definition) is 13. The van der Waals surface area contributed by atoms with Gasteiger partial charge in [-0.2, -0.15) is 0 Å². The number of aliphatic carboxylic acids is 5. The van der Waals surface area contributed by atoms with E-state index in [2.05, 4.69) is 11.1 Å². The lowest BCUT2D eigenvalue weighted by atomic mass is 10.2. The largest absolute Gasteiger partial charge is 0.481 e. The Bertz CT molecular complexity index is 701. The van der Waals surface area contributed by atoms with E-state index in [0.717, 1.165) is 0 Å². The van der Waals surface area contributed by atoms with Crippen molar-refractivity contribution in [3.8, 4) is 0 Å². The van der Waals surface area contributed by atoms with Gasteiger partial charge in [0.25, 0.3) is 0 Å². The summed E-state index contributed by atoms with van der Waals surface area (Å²) >= 11 is 0. The highest BCUT2D eigenvalue weighted by Crippen LogP contribution is 1.92. The molecule has 0 aliphatic carbocycles. The number of primary amides is 1. The van der Waals surface area contributed by atoms with Gasteiger partial charge in [-0.25, -0.2) is 0 Å². The lowest BCUT2D eigenvalue weighted by Gasteiger charge is -2.06. The van der Waals surface area contributed by atoms with Crippen LogP contribution in [-0.4, -0.2) is 98.0 Å². The second-order valence-corrected chi connectivity index (χ2v) is 6.71. The third-order valence-electron chi connectivity index (χ3n) is 3.16. The smallest absolute Gasteiger partial charge is 0.321 e. The number of hydrogen-bond acceptors (Lipinski definition) is 11. The van der Waals surface area contributed by atoms with Crippen LogP contribution in [-0.2, 0) is 28.8 Å². The molecule has 0 bridgehead atoms. The molecule has 0 spiro atoms. The van der Waals surface area contributed by atoms with E-state index < -0.39 is 66.3 Å². The third-order valence-corrected chi connectivity index (χ3v) is 3.16. The van der Waals surface area contributed by atoms with Crippen LogP contribution in [0.2, 0.25) is 0 Å². The van der Waals surface area contributed by atoms with E-state index in [1.54, 1.807) is 0 Å². The molecule has 0 saturated carbocycles. The molecule has 0 aliphatic heterocycles. The number of guanidine groups is 1. The molecule has 19 heteroatoms. The minimum Gasteiger partial charge on any atom is -0.481 e. The molecule has 4 atom stereocenters. The van der Waals surface area contributed by atoms with Crippen molar-refractivity contribution in [2.24, 2.45) is 34.4 Å². The van der Waals surface area contributed by atoms with E-state index in [0.29, 0.717) is 19.4 Å². The number of carboxylic acids is 5. The molecule has 19 nitrogen and oxygen atoms in total. The van der Waals surface area contributed by atoms with Crippen LogP contribution in [0.15, 0.2) is 0 Å². The quantitative estimate of drug-likeness (QED) is 0.0641. The summed E-state index contributed by atoms with van der Waals surface area (Å²) in [6, 6.07) is -4.01. The Morgan fingerprint density at radius 1 is 0.722 bits per heavy atom. The van der Waals surface area contributed by atoms with Gasteiger partial charge in [0.2, 0.25) is 5.91 Å². The Morgan fingerprint density at radius 3 is 1.28 bits per heavy atom. The summed E-state index contributed by atoms with van der Waals surface area (Å²) in [6.07, 6.45) is 0.132. The summed E-state index contributed by atoms with van der Waals surface area (Å²) in [5.74, 6) is -6.49. The zero-order chi connectivity index (χ0) is 29.6. The highest BCUT2D eigenvalue weighted by molar-refractivity contribution is 5.83. The second kappa shape index (κ2) is 22.7. The molecule has 0 fully saturated rings. The van der Waals surface area contributed by atoms with Crippen molar-refractivity contribution in [3.05, 3.63) is 0 Å². The average molecular weight is 529 g/mol. The maximum atomic E-state index is 10.2. The van der Waals surface area contributed by atoms with Gasteiger partial charge in [0.15, 0.2) is 5.96 Å². The Morgan fingerprint density at radius 2 is 1.08 bits per heavy atom. The van der Waals surface area contributed by atoms with Gasteiger partial charge >= 0.3 is 29.8 Å². The molecule has 0 aromatic rings. The van der Waals surface area contributed by atoms with Gasteiger partial charge in [-0.15, -0.1) is 0 Å². The highest BCUT2D eigenvalue weighted by atomic mass is 16.4. The molecule has 0 saturated heterocycles. The fraction of sp³-hybridized carbons (Fsp3) is 0.588. The van der Waals surface area contributed by atoms with Crippen LogP contribution >= 0.6 is 0 Å². The molecule has 0 heterocycles. The summed E-state index contributed by atoms with van der Waals surface area (Å²) in [5.41, 5.74) is 29.5. The fourth-order valence-electron chi connectivity index (χ4n) is 1.25. The first-order valence-electron chi connectivity index (χ1n) is 9.77. The van der Waals surface area contributed by atoms with E-state index in [1.165, 1.54) is 6.92 Å². The topological polar surface area (TPSA) is 396 Å². The van der Waals surface area contributed by atoms with E-state index in [1.807, 2.05) is 0 Å². The lowest BCUT2D eigenvalue weighted by Crippen LogP contribution is -2.34. The van der Waals surface area contributed by atoms with Crippen LogP contribution in [0.5, 0.6) is 0 Å². The summed E-state index contributed by atoms with van der Waals surface area (Å²) in [7, 11) is 0. The van der Waals surface area contributed by atoms with Crippen molar-refractivity contribution in [1.29, 1.82) is 5.41 Å². The number of carboxylic acid groups (broad SMARTS) is 5. The molecule has 0 unspecified atom stereocenters. The van der Waals surface area contributed by atoms with Gasteiger partial charge in [0.05, 0.1) is 12.8 Å². The van der Waals surface area contributed by atoms with Crippen molar-refractivity contribution in [2.75, 3.05) is 6.54 Å². The molecule has 0 rings (SSSR count). The predicted molar refractivity (Wildman–Crippen MR) is 123 cm³/mol. The van der Waals surface area contributed by atoms with Crippen molar-refractivity contribution in [1.82, 2.24) is 5.32 Å². The molecule has 19 N–H and O–H groups in total. The minimum absolute atomic E-state index is 0.112.